The van der Waals surface area contributed by atoms with E-state index in [1.54, 1.807) is 13.8 Å². The van der Waals surface area contributed by atoms with E-state index in [1.165, 1.54) is 18.2 Å². The van der Waals surface area contributed by atoms with Crippen LogP contribution in [0.1, 0.15) is 67.2 Å². The fourth-order valence-corrected chi connectivity index (χ4v) is 8.44. The van der Waals surface area contributed by atoms with E-state index < -0.39 is 52.2 Å². The number of thiocarbonyl (C=S) groups is 1. The first-order valence-electron chi connectivity index (χ1n) is 12.6. The molecule has 4 aliphatic rings. The summed E-state index contributed by atoms with van der Waals surface area (Å²) in [5.74, 6) is -2.49. The minimum absolute atomic E-state index is 0.0464. The fraction of sp³-hybridized carbons (Fsp3) is 0.741. The first-order valence-corrected chi connectivity index (χ1v) is 13.0. The molecule has 8 heteroatoms. The summed E-state index contributed by atoms with van der Waals surface area (Å²) in [6, 6.07) is 0. The molecule has 0 spiro atoms. The van der Waals surface area contributed by atoms with Crippen LogP contribution in [0.5, 0.6) is 0 Å². The van der Waals surface area contributed by atoms with Gasteiger partial charge in [-0.25, -0.2) is 8.78 Å². The Morgan fingerprint density at radius 1 is 1.29 bits per heavy atom. The molecule has 0 aromatic rings. The van der Waals surface area contributed by atoms with E-state index in [0.717, 1.165) is 0 Å². The molecule has 3 fully saturated rings. The van der Waals surface area contributed by atoms with Crippen molar-refractivity contribution in [3.05, 3.63) is 23.8 Å². The summed E-state index contributed by atoms with van der Waals surface area (Å²) in [4.78, 5) is 24.7. The van der Waals surface area contributed by atoms with Crippen molar-refractivity contribution in [1.82, 2.24) is 0 Å². The van der Waals surface area contributed by atoms with Gasteiger partial charge in [0.15, 0.2) is 17.1 Å². The van der Waals surface area contributed by atoms with Crippen LogP contribution in [0.25, 0.3) is 0 Å². The minimum Gasteiger partial charge on any atom is -0.481 e. The van der Waals surface area contributed by atoms with E-state index in [2.05, 4.69) is 0 Å². The molecule has 4 aliphatic carbocycles. The van der Waals surface area contributed by atoms with Crippen LogP contribution in [0.3, 0.4) is 0 Å². The highest BCUT2D eigenvalue weighted by Crippen LogP contribution is 2.71. The highest BCUT2D eigenvalue weighted by molar-refractivity contribution is 7.80. The van der Waals surface area contributed by atoms with Crippen molar-refractivity contribution >= 4 is 29.0 Å². The van der Waals surface area contributed by atoms with Gasteiger partial charge in [-0.15, -0.1) is 0 Å². The molecule has 0 radical (unpaired) electrons. The third-order valence-corrected chi connectivity index (χ3v) is 9.78. The van der Waals surface area contributed by atoms with E-state index in [1.807, 2.05) is 27.7 Å². The molecule has 0 aliphatic heterocycles. The summed E-state index contributed by atoms with van der Waals surface area (Å²) < 4.78 is 45.1. The average molecular weight is 511 g/mol. The van der Waals surface area contributed by atoms with Gasteiger partial charge in [0.2, 0.25) is 5.05 Å². The number of esters is 1. The molecule has 1 N–H and O–H groups in total. The van der Waals surface area contributed by atoms with E-state index >= 15 is 8.78 Å². The number of alkyl halides is 2. The summed E-state index contributed by atoms with van der Waals surface area (Å²) in [5.41, 5.74) is -5.93. The molecule has 0 heterocycles. The molecule has 0 bridgehead atoms. The highest BCUT2D eigenvalue weighted by atomic mass is 32.1. The second-order valence-corrected chi connectivity index (χ2v) is 11.9. The molecule has 3 saturated carbocycles. The lowest BCUT2D eigenvalue weighted by atomic mass is 9.44. The van der Waals surface area contributed by atoms with Gasteiger partial charge in [-0.3, -0.25) is 9.59 Å². The van der Waals surface area contributed by atoms with Gasteiger partial charge in [0.25, 0.3) is 0 Å². The van der Waals surface area contributed by atoms with Crippen LogP contribution >= 0.6 is 12.2 Å². The van der Waals surface area contributed by atoms with Crippen LogP contribution in [0.15, 0.2) is 23.8 Å². The topological polar surface area (TPSA) is 72.8 Å². The van der Waals surface area contributed by atoms with Crippen molar-refractivity contribution in [2.45, 2.75) is 96.9 Å². The molecule has 0 amide bonds. The Hall–Kier alpha value is -1.67. The van der Waals surface area contributed by atoms with Crippen molar-refractivity contribution < 1.29 is 33.0 Å². The number of ether oxygens (including phenoxy) is 2. The first kappa shape index (κ1) is 26.4. The van der Waals surface area contributed by atoms with Gasteiger partial charge in [0.1, 0.15) is 6.17 Å². The Balaban J connectivity index is 1.87. The average Bonchev–Trinajstić information content (AvgIpc) is 2.98. The zero-order chi connectivity index (χ0) is 26.1. The maximum Gasteiger partial charge on any atom is 0.306 e. The van der Waals surface area contributed by atoms with Gasteiger partial charge in [0.05, 0.1) is 12.2 Å². The SMILES string of the molecule is CCC(=O)O[C@]1(C(=S)OC(C)C)[C@H](C)C[C@H]2[C@@H]3C[C@H](F)C4=CC(=O)C=C[C@]4(C)[C@@]3(F)[C@@H](O)C[C@@]21C. The molecule has 0 aromatic carbocycles. The zero-order valence-corrected chi connectivity index (χ0v) is 22.1. The molecule has 194 valence electrons. The standard InChI is InChI=1S/C27H36F2O5S/c1-7-22(32)34-27(23(35)33-14(2)3)15(4)10-17-18-12-20(28)19-11-16(30)8-9-24(19,5)26(18,29)21(31)13-25(17,27)6/h8-9,11,14-15,17-18,20-21,31H,7,10,12-13H2,1-6H3/t15-,17+,18+,20+,21+,24+,25+,26+,27+/m1/s1. The Morgan fingerprint density at radius 3 is 2.54 bits per heavy atom. The summed E-state index contributed by atoms with van der Waals surface area (Å²) in [6.07, 6.45) is 0.899. The Labute approximate surface area is 211 Å². The summed E-state index contributed by atoms with van der Waals surface area (Å²) in [7, 11) is 0. The van der Waals surface area contributed by atoms with Crippen molar-refractivity contribution in [3.8, 4) is 0 Å². The molecule has 35 heavy (non-hydrogen) atoms. The fourth-order valence-electron chi connectivity index (χ4n) is 7.77. The normalized spacial score (nSPS) is 46.4. The number of allylic oxidation sites excluding steroid dienone is 4. The largest absolute Gasteiger partial charge is 0.481 e. The van der Waals surface area contributed by atoms with Crippen LogP contribution in [-0.2, 0) is 19.1 Å². The smallest absolute Gasteiger partial charge is 0.306 e. The first-order chi connectivity index (χ1) is 16.2. The molecule has 4 rings (SSSR count). The lowest BCUT2D eigenvalue weighted by Crippen LogP contribution is -2.71. The Kier molecular flexibility index (Phi) is 6.36. The highest BCUT2D eigenvalue weighted by Gasteiger charge is 2.77. The van der Waals surface area contributed by atoms with E-state index in [0.29, 0.717) is 6.42 Å². The van der Waals surface area contributed by atoms with E-state index in [4.69, 9.17) is 21.7 Å². The molecular weight excluding hydrogens is 474 g/mol. The van der Waals surface area contributed by atoms with Gasteiger partial charge < -0.3 is 14.6 Å². The van der Waals surface area contributed by atoms with Crippen LogP contribution in [0.2, 0.25) is 0 Å². The number of hydrogen-bond donors (Lipinski definition) is 1. The molecule has 9 atom stereocenters. The second-order valence-electron chi connectivity index (χ2n) is 11.5. The summed E-state index contributed by atoms with van der Waals surface area (Å²) in [5, 5.41) is 11.7. The van der Waals surface area contributed by atoms with Gasteiger partial charge >= 0.3 is 5.97 Å². The summed E-state index contributed by atoms with van der Waals surface area (Å²) >= 11 is 5.74. The number of carbonyl (C=O) groups excluding carboxylic acids is 2. The van der Waals surface area contributed by atoms with Gasteiger partial charge in [-0.2, -0.15) is 0 Å². The Morgan fingerprint density at radius 2 is 1.94 bits per heavy atom. The minimum atomic E-state index is -2.20. The Bertz CT molecular complexity index is 1010. The maximum atomic E-state index is 17.4. The van der Waals surface area contributed by atoms with Crippen molar-refractivity contribution in [2.75, 3.05) is 0 Å². The molecule has 0 aromatic heterocycles. The molecular formula is C27H36F2O5S. The van der Waals surface area contributed by atoms with Gasteiger partial charge in [0, 0.05) is 29.1 Å². The van der Waals surface area contributed by atoms with Crippen LogP contribution in [-0.4, -0.2) is 51.6 Å². The predicted octanol–water partition coefficient (Wildman–Crippen LogP) is 5.00. The number of aliphatic hydroxyl groups is 1. The number of ketones is 1. The zero-order valence-electron chi connectivity index (χ0n) is 21.3. The summed E-state index contributed by atoms with van der Waals surface area (Å²) in [6.45, 7) is 10.7. The predicted molar refractivity (Wildman–Crippen MR) is 131 cm³/mol. The lowest BCUT2D eigenvalue weighted by molar-refractivity contribution is -0.222. The molecule has 0 saturated heterocycles. The number of hydrogen-bond acceptors (Lipinski definition) is 6. The van der Waals surface area contributed by atoms with Gasteiger partial charge in [-0.05, 0) is 75.9 Å². The van der Waals surface area contributed by atoms with Crippen molar-refractivity contribution in [1.29, 1.82) is 0 Å². The van der Waals surface area contributed by atoms with Crippen molar-refractivity contribution in [2.24, 2.45) is 28.6 Å². The number of carbonyl (C=O) groups is 2. The van der Waals surface area contributed by atoms with E-state index in [9.17, 15) is 14.7 Å². The molecule has 5 nitrogen and oxygen atoms in total. The quantitative estimate of drug-likeness (QED) is 0.424. The molecule has 0 unspecified atom stereocenters. The lowest BCUT2D eigenvalue weighted by Gasteiger charge is -2.63. The maximum absolute atomic E-state index is 17.4. The van der Waals surface area contributed by atoms with Crippen molar-refractivity contribution in [3.63, 3.8) is 0 Å². The number of aliphatic hydroxyl groups excluding tert-OH is 1. The van der Waals surface area contributed by atoms with Crippen LogP contribution in [0, 0.1) is 28.6 Å². The van der Waals surface area contributed by atoms with E-state index in [-0.39, 0.29) is 47.7 Å². The number of rotatable bonds is 4. The van der Waals surface area contributed by atoms with Crippen LogP contribution < -0.4 is 0 Å². The monoisotopic (exact) mass is 510 g/mol. The number of halogens is 2. The third-order valence-electron chi connectivity index (χ3n) is 9.38. The van der Waals surface area contributed by atoms with Gasteiger partial charge in [-0.1, -0.05) is 26.8 Å². The van der Waals surface area contributed by atoms with Crippen LogP contribution in [0.4, 0.5) is 8.78 Å². The third kappa shape index (κ3) is 3.34. The second kappa shape index (κ2) is 8.44. The number of fused-ring (bicyclic) bond motifs is 5.